The van der Waals surface area contributed by atoms with E-state index >= 15 is 0 Å². The van der Waals surface area contributed by atoms with Gasteiger partial charge in [0.25, 0.3) is 0 Å². The fourth-order valence-corrected chi connectivity index (χ4v) is 3.02. The van der Waals surface area contributed by atoms with E-state index in [-0.39, 0.29) is 6.10 Å². The summed E-state index contributed by atoms with van der Waals surface area (Å²) < 4.78 is 4.48. The fourth-order valence-electron chi connectivity index (χ4n) is 2.82. The van der Waals surface area contributed by atoms with Crippen LogP contribution in [-0.2, 0) is 13.7 Å². The second kappa shape index (κ2) is 6.05. The van der Waals surface area contributed by atoms with Crippen LogP contribution in [0.4, 0.5) is 0 Å². The molecule has 7 heteroatoms. The Kier molecular flexibility index (Phi) is 4.14. The molecule has 1 aliphatic rings. The van der Waals surface area contributed by atoms with Crippen molar-refractivity contribution < 1.29 is 10.0 Å². The van der Waals surface area contributed by atoms with Crippen molar-refractivity contribution in [2.24, 2.45) is 7.05 Å². The number of rotatable bonds is 3. The van der Waals surface area contributed by atoms with Crippen LogP contribution in [0.5, 0.6) is 0 Å². The van der Waals surface area contributed by atoms with Crippen LogP contribution >= 0.6 is 12.2 Å². The number of pyridine rings is 1. The van der Waals surface area contributed by atoms with Crippen molar-refractivity contribution in [3.8, 4) is 11.4 Å². The van der Waals surface area contributed by atoms with Crippen molar-refractivity contribution in [3.63, 3.8) is 0 Å². The molecule has 2 atom stereocenters. The average Bonchev–Trinajstić information content (AvgIpc) is 2.77. The smallest absolute Gasteiger partial charge is 0.202 e. The number of aromatic nitrogens is 4. The summed E-state index contributed by atoms with van der Waals surface area (Å²) in [5.41, 5.74) is 1.01. The molecule has 0 aliphatic carbocycles. The Morgan fingerprint density at radius 2 is 2.19 bits per heavy atom. The van der Waals surface area contributed by atoms with Gasteiger partial charge in [0.15, 0.2) is 12.5 Å². The molecule has 0 amide bonds. The first-order chi connectivity index (χ1) is 10.1. The lowest BCUT2D eigenvalue weighted by atomic mass is 10.1. The van der Waals surface area contributed by atoms with Gasteiger partial charge < -0.3 is 14.6 Å². The number of aliphatic hydroxyl groups is 1. The highest BCUT2D eigenvalue weighted by Crippen LogP contribution is 2.15. The van der Waals surface area contributed by atoms with E-state index in [9.17, 15) is 5.11 Å². The topological polar surface area (TPSA) is 60.3 Å². The van der Waals surface area contributed by atoms with Gasteiger partial charge in [-0.25, -0.2) is 0 Å². The first-order valence-corrected chi connectivity index (χ1v) is 7.62. The van der Waals surface area contributed by atoms with Gasteiger partial charge in [-0.05, 0) is 37.2 Å². The predicted molar refractivity (Wildman–Crippen MR) is 81.2 cm³/mol. The lowest BCUT2D eigenvalue weighted by Crippen LogP contribution is -3.13. The van der Waals surface area contributed by atoms with Gasteiger partial charge in [-0.1, -0.05) is 0 Å². The standard InChI is InChI=1S/C14H19N5OS/c1-17-13(11-4-6-15-7-5-11)16-19(14(17)21)10-18-8-2-3-12(20)9-18/h4-7,12,20H,2-3,8-10H2,1H3/p+1/t12-/m1/s1. The third-order valence-electron chi connectivity index (χ3n) is 3.94. The van der Waals surface area contributed by atoms with Crippen LogP contribution in [0.25, 0.3) is 11.4 Å². The Balaban J connectivity index is 1.85. The highest BCUT2D eigenvalue weighted by molar-refractivity contribution is 7.71. The molecule has 1 aliphatic heterocycles. The number of likely N-dealkylation sites (tertiary alicyclic amines) is 1. The molecule has 2 N–H and O–H groups in total. The molecule has 2 aromatic heterocycles. The lowest BCUT2D eigenvalue weighted by molar-refractivity contribution is -0.931. The van der Waals surface area contributed by atoms with E-state index < -0.39 is 0 Å². The zero-order chi connectivity index (χ0) is 14.8. The van der Waals surface area contributed by atoms with Crippen molar-refractivity contribution >= 4 is 12.2 Å². The Morgan fingerprint density at radius 3 is 2.90 bits per heavy atom. The summed E-state index contributed by atoms with van der Waals surface area (Å²) in [6.07, 6.45) is 5.26. The fraction of sp³-hybridized carbons (Fsp3) is 0.500. The number of piperidine rings is 1. The molecule has 21 heavy (non-hydrogen) atoms. The summed E-state index contributed by atoms with van der Waals surface area (Å²) in [5.74, 6) is 0.847. The molecule has 1 fully saturated rings. The number of nitrogens with one attached hydrogen (secondary N) is 1. The summed E-state index contributed by atoms with van der Waals surface area (Å²) >= 11 is 5.48. The SMILES string of the molecule is Cn1c(-c2ccncc2)nn(C[NH+]2CCC[C@@H](O)C2)c1=S. The molecule has 0 radical (unpaired) electrons. The van der Waals surface area contributed by atoms with Gasteiger partial charge in [0.1, 0.15) is 12.6 Å². The first kappa shape index (κ1) is 14.4. The molecule has 0 aromatic carbocycles. The number of aliphatic hydroxyl groups excluding tert-OH is 1. The lowest BCUT2D eigenvalue weighted by Gasteiger charge is -2.26. The molecular formula is C14H20N5OS+. The van der Waals surface area contributed by atoms with Crippen molar-refractivity contribution in [1.82, 2.24) is 19.3 Å². The normalized spacial score (nSPS) is 22.4. The monoisotopic (exact) mass is 306 g/mol. The van der Waals surface area contributed by atoms with Gasteiger partial charge in [-0.3, -0.25) is 4.98 Å². The maximum atomic E-state index is 9.78. The van der Waals surface area contributed by atoms with E-state index in [0.29, 0.717) is 11.4 Å². The molecule has 1 saturated heterocycles. The van der Waals surface area contributed by atoms with Gasteiger partial charge in [-0.15, -0.1) is 5.10 Å². The Morgan fingerprint density at radius 1 is 1.43 bits per heavy atom. The molecule has 0 spiro atoms. The van der Waals surface area contributed by atoms with Gasteiger partial charge >= 0.3 is 0 Å². The molecule has 0 bridgehead atoms. The van der Waals surface area contributed by atoms with E-state index in [1.54, 1.807) is 12.4 Å². The predicted octanol–water partition coefficient (Wildman–Crippen LogP) is 0.0102. The quantitative estimate of drug-likeness (QED) is 0.784. The summed E-state index contributed by atoms with van der Waals surface area (Å²) in [5, 5.41) is 14.4. The second-order valence-electron chi connectivity index (χ2n) is 5.56. The van der Waals surface area contributed by atoms with E-state index in [4.69, 9.17) is 12.2 Å². The van der Waals surface area contributed by atoms with E-state index in [2.05, 4.69) is 10.1 Å². The number of hydrogen-bond acceptors (Lipinski definition) is 4. The third kappa shape index (κ3) is 3.04. The molecule has 6 nitrogen and oxygen atoms in total. The Hall–Kier alpha value is -1.57. The second-order valence-corrected chi connectivity index (χ2v) is 5.92. The largest absolute Gasteiger partial charge is 0.387 e. The number of nitrogens with zero attached hydrogens (tertiary/aromatic N) is 4. The molecule has 2 aromatic rings. The van der Waals surface area contributed by atoms with E-state index in [1.165, 1.54) is 4.90 Å². The molecule has 3 rings (SSSR count). The van der Waals surface area contributed by atoms with Gasteiger partial charge in [0.05, 0.1) is 6.54 Å². The minimum Gasteiger partial charge on any atom is -0.387 e. The van der Waals surface area contributed by atoms with Crippen LogP contribution in [0, 0.1) is 4.77 Å². The van der Waals surface area contributed by atoms with Crippen molar-refractivity contribution in [1.29, 1.82) is 0 Å². The summed E-state index contributed by atoms with van der Waals surface area (Å²) in [7, 11) is 1.93. The summed E-state index contributed by atoms with van der Waals surface area (Å²) in [6.45, 7) is 2.53. The van der Waals surface area contributed by atoms with Crippen LogP contribution in [0.2, 0.25) is 0 Å². The molecule has 112 valence electrons. The Bertz CT molecular complexity index is 666. The first-order valence-electron chi connectivity index (χ1n) is 7.21. The van der Waals surface area contributed by atoms with Crippen molar-refractivity contribution in [2.75, 3.05) is 13.1 Å². The minimum absolute atomic E-state index is 0.202. The van der Waals surface area contributed by atoms with E-state index in [0.717, 1.165) is 37.3 Å². The van der Waals surface area contributed by atoms with Crippen LogP contribution in [0.3, 0.4) is 0 Å². The summed E-state index contributed by atoms with van der Waals surface area (Å²) in [6, 6.07) is 3.86. The van der Waals surface area contributed by atoms with Gasteiger partial charge in [0.2, 0.25) is 4.77 Å². The van der Waals surface area contributed by atoms with Crippen LogP contribution in [-0.4, -0.2) is 43.6 Å². The van der Waals surface area contributed by atoms with Crippen LogP contribution < -0.4 is 4.90 Å². The minimum atomic E-state index is -0.202. The highest BCUT2D eigenvalue weighted by Gasteiger charge is 2.22. The maximum absolute atomic E-state index is 9.78. The Labute approximate surface area is 128 Å². The van der Waals surface area contributed by atoms with Crippen molar-refractivity contribution in [2.45, 2.75) is 25.6 Å². The zero-order valence-electron chi connectivity index (χ0n) is 12.1. The molecule has 3 heterocycles. The molecular weight excluding hydrogens is 286 g/mol. The summed E-state index contributed by atoms with van der Waals surface area (Å²) in [4.78, 5) is 5.35. The van der Waals surface area contributed by atoms with Crippen LogP contribution in [0.1, 0.15) is 12.8 Å². The van der Waals surface area contributed by atoms with E-state index in [1.807, 2.05) is 28.4 Å². The van der Waals surface area contributed by atoms with Crippen molar-refractivity contribution in [3.05, 3.63) is 29.3 Å². The average molecular weight is 306 g/mol. The van der Waals surface area contributed by atoms with Gasteiger partial charge in [-0.2, -0.15) is 4.68 Å². The van der Waals surface area contributed by atoms with Crippen LogP contribution in [0.15, 0.2) is 24.5 Å². The number of hydrogen-bond donors (Lipinski definition) is 2. The maximum Gasteiger partial charge on any atom is 0.202 e. The molecule has 0 saturated carbocycles. The molecule has 1 unspecified atom stereocenters. The zero-order valence-corrected chi connectivity index (χ0v) is 12.9. The third-order valence-corrected chi connectivity index (χ3v) is 4.43. The highest BCUT2D eigenvalue weighted by atomic mass is 32.1. The number of quaternary nitrogens is 1. The van der Waals surface area contributed by atoms with Gasteiger partial charge in [0, 0.05) is 25.0 Å².